The topological polar surface area (TPSA) is 127 Å². The molecule has 0 fully saturated rings. The van der Waals surface area contributed by atoms with Crippen LogP contribution in [0.1, 0.15) is 69.5 Å². The standard InChI is InChI=1S/C38H43FN4O5S/c1-24(35(44)45)20-25-8-6-9-26(21-25)38(4)17-7-16-37(2,3)23-49(46,47)19-15-29-28-14-18-40-32(28)12-13-33(29)48-27-10-11-31(39)30(22-27)34-41-36(38)42-43(34)5/h6,8-14,18,21-22,24,40H,7,15-17,19-20,23H2,1-5H3,(H,44,45)/t24-,38-/m1/s1. The minimum atomic E-state index is -3.46. The van der Waals surface area contributed by atoms with Crippen LogP contribution < -0.4 is 4.74 Å². The lowest BCUT2D eigenvalue weighted by Gasteiger charge is -2.31. The van der Waals surface area contributed by atoms with E-state index < -0.39 is 38.4 Å². The molecule has 2 atom stereocenters. The third-order valence-corrected chi connectivity index (χ3v) is 11.8. The molecular weight excluding hydrogens is 644 g/mol. The number of H-pyrrole nitrogens is 1. The number of hydrogen-bond acceptors (Lipinski definition) is 6. The maximum Gasteiger partial charge on any atom is 0.306 e. The van der Waals surface area contributed by atoms with Gasteiger partial charge in [-0.25, -0.2) is 22.5 Å². The third kappa shape index (κ3) is 7.27. The highest BCUT2D eigenvalue weighted by atomic mass is 32.2. The molecule has 2 N–H and O–H groups in total. The maximum absolute atomic E-state index is 15.6. The van der Waals surface area contributed by atoms with E-state index >= 15 is 4.39 Å². The summed E-state index contributed by atoms with van der Waals surface area (Å²) in [5.41, 5.74) is 2.40. The number of hydrogen-bond donors (Lipinski definition) is 2. The summed E-state index contributed by atoms with van der Waals surface area (Å²) in [6.45, 7) is 7.70. The lowest BCUT2D eigenvalue weighted by Crippen LogP contribution is -2.29. The first kappa shape index (κ1) is 34.4. The maximum atomic E-state index is 15.6. The molecular formula is C38H43FN4O5S. The van der Waals surface area contributed by atoms with Gasteiger partial charge in [0.15, 0.2) is 21.5 Å². The number of aliphatic carboxylic acids is 1. The van der Waals surface area contributed by atoms with Crippen LogP contribution in [-0.2, 0) is 39.9 Å². The number of carboxylic acid groups (broad SMARTS) is 1. The molecule has 0 spiro atoms. The molecule has 5 aromatic rings. The summed E-state index contributed by atoms with van der Waals surface area (Å²) >= 11 is 0. The number of halogens is 1. The number of sulfone groups is 1. The number of carboxylic acids is 1. The molecule has 258 valence electrons. The van der Waals surface area contributed by atoms with Crippen molar-refractivity contribution in [1.82, 2.24) is 19.7 Å². The lowest BCUT2D eigenvalue weighted by molar-refractivity contribution is -0.141. The first-order valence-corrected chi connectivity index (χ1v) is 18.5. The molecule has 2 aromatic heterocycles. The van der Waals surface area contributed by atoms with E-state index in [1.807, 2.05) is 69.4 Å². The fourth-order valence-electron chi connectivity index (χ4n) is 7.03. The Bertz CT molecular complexity index is 2140. The quantitative estimate of drug-likeness (QED) is 0.199. The van der Waals surface area contributed by atoms with Crippen molar-refractivity contribution in [2.75, 3.05) is 11.5 Å². The number of benzene rings is 3. The van der Waals surface area contributed by atoms with Crippen LogP contribution in [-0.4, -0.2) is 50.7 Å². The second-order valence-corrected chi connectivity index (χ2v) is 16.6. The fourth-order valence-corrected chi connectivity index (χ4v) is 9.03. The number of aromatic nitrogens is 4. The van der Waals surface area contributed by atoms with Gasteiger partial charge < -0.3 is 14.8 Å². The number of ether oxygens (including phenoxy) is 1. The van der Waals surface area contributed by atoms with Crippen LogP contribution in [0, 0.1) is 17.2 Å². The van der Waals surface area contributed by atoms with Gasteiger partial charge >= 0.3 is 5.97 Å². The zero-order valence-corrected chi connectivity index (χ0v) is 29.4. The van der Waals surface area contributed by atoms with Crippen LogP contribution in [0.3, 0.4) is 0 Å². The van der Waals surface area contributed by atoms with Gasteiger partial charge in [-0.05, 0) is 85.5 Å². The van der Waals surface area contributed by atoms with Gasteiger partial charge in [-0.1, -0.05) is 51.5 Å². The number of carbonyl (C=O) groups is 1. The Kier molecular flexibility index (Phi) is 9.17. The SMILES string of the molecule is C[C@H](Cc1cccc([C@@]2(C)CCCC(C)(C)CS(=O)(=O)CCc3c(ccc4[nH]ccc34)Oc3ccc(F)c(c3)-c3nc2nn3C)c1)C(=O)O. The zero-order chi connectivity index (χ0) is 35.1. The van der Waals surface area contributed by atoms with E-state index in [2.05, 4.69) is 4.98 Å². The molecule has 1 aliphatic rings. The fraction of sp³-hybridized carbons (Fsp3) is 0.395. The number of rotatable bonds is 4. The average molecular weight is 687 g/mol. The normalized spacial score (nSPS) is 20.0. The number of aromatic amines is 1. The van der Waals surface area contributed by atoms with Crippen molar-refractivity contribution in [3.8, 4) is 22.9 Å². The van der Waals surface area contributed by atoms with E-state index in [4.69, 9.17) is 14.8 Å². The highest BCUT2D eigenvalue weighted by Gasteiger charge is 2.36. The van der Waals surface area contributed by atoms with Gasteiger partial charge in [-0.2, -0.15) is 5.10 Å². The molecule has 0 radical (unpaired) electrons. The molecule has 0 amide bonds. The number of nitrogens with one attached hydrogen (secondary N) is 1. The van der Waals surface area contributed by atoms with Crippen LogP contribution in [0.15, 0.2) is 66.9 Å². The Balaban J connectivity index is 1.48. The largest absolute Gasteiger partial charge is 0.481 e. The molecule has 1 aliphatic heterocycles. The summed E-state index contributed by atoms with van der Waals surface area (Å²) in [5, 5.41) is 15.3. The number of fused-ring (bicyclic) bond motifs is 8. The minimum absolute atomic E-state index is 0.0336. The molecule has 0 saturated carbocycles. The molecule has 9 nitrogen and oxygen atoms in total. The van der Waals surface area contributed by atoms with Crippen molar-refractivity contribution in [3.63, 3.8) is 0 Å². The van der Waals surface area contributed by atoms with Crippen molar-refractivity contribution >= 4 is 26.7 Å². The molecule has 49 heavy (non-hydrogen) atoms. The van der Waals surface area contributed by atoms with Crippen LogP contribution in [0.5, 0.6) is 11.5 Å². The van der Waals surface area contributed by atoms with E-state index in [1.54, 1.807) is 30.8 Å². The molecule has 4 bridgehead atoms. The van der Waals surface area contributed by atoms with Crippen LogP contribution in [0.25, 0.3) is 22.3 Å². The van der Waals surface area contributed by atoms with Crippen molar-refractivity contribution in [3.05, 3.63) is 95.2 Å². The number of nitrogens with zero attached hydrogens (tertiary/aromatic N) is 3. The second kappa shape index (κ2) is 13.1. The van der Waals surface area contributed by atoms with Crippen molar-refractivity contribution in [2.24, 2.45) is 18.4 Å². The molecule has 0 aliphatic carbocycles. The van der Waals surface area contributed by atoms with Gasteiger partial charge in [0.2, 0.25) is 0 Å². The molecule has 3 heterocycles. The van der Waals surface area contributed by atoms with Crippen LogP contribution >= 0.6 is 0 Å². The summed E-state index contributed by atoms with van der Waals surface area (Å²) < 4.78 is 50.8. The molecule has 3 aromatic carbocycles. The monoisotopic (exact) mass is 686 g/mol. The molecule has 11 heteroatoms. The van der Waals surface area contributed by atoms with Gasteiger partial charge in [-0.15, -0.1) is 0 Å². The van der Waals surface area contributed by atoms with Gasteiger partial charge in [0.25, 0.3) is 0 Å². The minimum Gasteiger partial charge on any atom is -0.481 e. The van der Waals surface area contributed by atoms with E-state index in [9.17, 15) is 18.3 Å². The highest BCUT2D eigenvalue weighted by molar-refractivity contribution is 7.91. The molecule has 0 saturated heterocycles. The summed E-state index contributed by atoms with van der Waals surface area (Å²) in [4.78, 5) is 19.8. The number of aryl methyl sites for hydroxylation is 2. The van der Waals surface area contributed by atoms with Gasteiger partial charge in [0, 0.05) is 29.7 Å². The molecule has 0 unspecified atom stereocenters. The van der Waals surface area contributed by atoms with E-state index in [1.165, 1.54) is 6.07 Å². The predicted molar refractivity (Wildman–Crippen MR) is 188 cm³/mol. The van der Waals surface area contributed by atoms with Crippen LogP contribution in [0.2, 0.25) is 0 Å². The molecule has 6 rings (SSSR count). The summed E-state index contributed by atoms with van der Waals surface area (Å²) in [5.74, 6) is -0.197. The van der Waals surface area contributed by atoms with E-state index in [-0.39, 0.29) is 23.5 Å². The average Bonchev–Trinajstić information content (AvgIpc) is 3.67. The smallest absolute Gasteiger partial charge is 0.306 e. The Morgan fingerprint density at radius 1 is 1.10 bits per heavy atom. The Morgan fingerprint density at radius 3 is 2.67 bits per heavy atom. The highest BCUT2D eigenvalue weighted by Crippen LogP contribution is 2.40. The summed E-state index contributed by atoms with van der Waals surface area (Å²) in [6, 6.07) is 17.9. The van der Waals surface area contributed by atoms with Gasteiger partial charge in [0.1, 0.15) is 17.3 Å². The second-order valence-electron chi connectivity index (χ2n) is 14.4. The zero-order valence-electron chi connectivity index (χ0n) is 28.6. The van der Waals surface area contributed by atoms with Crippen molar-refractivity contribution in [1.29, 1.82) is 0 Å². The van der Waals surface area contributed by atoms with Crippen molar-refractivity contribution in [2.45, 2.75) is 65.2 Å². The van der Waals surface area contributed by atoms with E-state index in [0.717, 1.165) is 27.6 Å². The predicted octanol–water partition coefficient (Wildman–Crippen LogP) is 7.63. The first-order valence-electron chi connectivity index (χ1n) is 16.7. The summed E-state index contributed by atoms with van der Waals surface area (Å²) in [7, 11) is -1.72. The third-order valence-electron chi connectivity index (χ3n) is 9.80. The first-order chi connectivity index (χ1) is 23.1. The Morgan fingerprint density at radius 2 is 1.90 bits per heavy atom. The Hall–Kier alpha value is -4.51. The van der Waals surface area contributed by atoms with E-state index in [0.29, 0.717) is 48.8 Å². The summed E-state index contributed by atoms with van der Waals surface area (Å²) in [6.07, 6.45) is 4.33. The van der Waals surface area contributed by atoms with Crippen LogP contribution in [0.4, 0.5) is 4.39 Å². The lowest BCUT2D eigenvalue weighted by atomic mass is 9.75. The van der Waals surface area contributed by atoms with Gasteiger partial charge in [0.05, 0.1) is 28.4 Å². The van der Waals surface area contributed by atoms with Gasteiger partial charge in [-0.3, -0.25) is 4.79 Å². The van der Waals surface area contributed by atoms with Crippen molar-refractivity contribution < 1.29 is 27.4 Å². The Labute approximate surface area is 286 Å².